The van der Waals surface area contributed by atoms with E-state index in [2.05, 4.69) is 20.6 Å². The summed E-state index contributed by atoms with van der Waals surface area (Å²) in [7, 11) is 0. The number of anilines is 3. The third kappa shape index (κ3) is 4.00. The van der Waals surface area contributed by atoms with Gasteiger partial charge in [-0.2, -0.15) is 0 Å². The van der Waals surface area contributed by atoms with Crippen LogP contribution in [-0.4, -0.2) is 15.9 Å². The molecule has 1 amide bonds. The Morgan fingerprint density at radius 3 is 2.38 bits per heavy atom. The van der Waals surface area contributed by atoms with Crippen LogP contribution >= 0.6 is 11.6 Å². The van der Waals surface area contributed by atoms with Crippen molar-refractivity contribution >= 4 is 34.8 Å². The number of amides is 1. The van der Waals surface area contributed by atoms with Gasteiger partial charge in [0.05, 0.1) is 5.56 Å². The molecule has 6 heteroatoms. The lowest BCUT2D eigenvalue weighted by Crippen LogP contribution is -2.14. The van der Waals surface area contributed by atoms with Gasteiger partial charge in [0.15, 0.2) is 0 Å². The minimum atomic E-state index is -0.270. The van der Waals surface area contributed by atoms with Gasteiger partial charge < -0.3 is 10.6 Å². The zero-order valence-corrected chi connectivity index (χ0v) is 15.6. The lowest BCUT2D eigenvalue weighted by Gasteiger charge is -2.11. The highest BCUT2D eigenvalue weighted by Gasteiger charge is 2.10. The van der Waals surface area contributed by atoms with E-state index in [9.17, 15) is 4.79 Å². The van der Waals surface area contributed by atoms with E-state index in [1.54, 1.807) is 18.2 Å². The number of nitrogens with one attached hydrogen (secondary N) is 2. The Labute approximate surface area is 157 Å². The zero-order chi connectivity index (χ0) is 18.7. The molecule has 0 spiro atoms. The molecule has 3 aromatic rings. The highest BCUT2D eigenvalue weighted by molar-refractivity contribution is 6.30. The summed E-state index contributed by atoms with van der Waals surface area (Å²) in [5, 5.41) is 6.65. The summed E-state index contributed by atoms with van der Waals surface area (Å²) in [5.41, 5.74) is 5.24. The first-order valence-corrected chi connectivity index (χ1v) is 8.54. The van der Waals surface area contributed by atoms with E-state index < -0.39 is 0 Å². The van der Waals surface area contributed by atoms with Crippen LogP contribution in [0.2, 0.25) is 5.02 Å². The molecule has 0 radical (unpaired) electrons. The maximum atomic E-state index is 12.4. The largest absolute Gasteiger partial charge is 0.324 e. The normalized spacial score (nSPS) is 10.5. The fourth-order valence-corrected chi connectivity index (χ4v) is 2.71. The average Bonchev–Trinajstić information content (AvgIpc) is 2.62. The second kappa shape index (κ2) is 7.54. The van der Waals surface area contributed by atoms with E-state index in [0.717, 1.165) is 16.8 Å². The van der Waals surface area contributed by atoms with Gasteiger partial charge in [0.1, 0.15) is 0 Å². The number of aryl methyl sites for hydroxylation is 2. The standard InChI is InChI=1S/C20H19ClN4O/c1-12-5-4-6-18(14(12)3)25-20-22-10-15(11-23-20)19(26)24-17-8-7-16(21)9-13(17)2/h4-11H,1-3H3,(H,24,26)(H,22,23,25). The molecule has 2 aromatic carbocycles. The first kappa shape index (κ1) is 17.9. The Morgan fingerprint density at radius 2 is 1.69 bits per heavy atom. The quantitative estimate of drug-likeness (QED) is 0.678. The summed E-state index contributed by atoms with van der Waals surface area (Å²) < 4.78 is 0. The predicted molar refractivity (Wildman–Crippen MR) is 105 cm³/mol. The van der Waals surface area contributed by atoms with Crippen LogP contribution in [0.15, 0.2) is 48.8 Å². The number of aromatic nitrogens is 2. The predicted octanol–water partition coefficient (Wildman–Crippen LogP) is 5.05. The van der Waals surface area contributed by atoms with E-state index in [0.29, 0.717) is 22.2 Å². The molecule has 132 valence electrons. The summed E-state index contributed by atoms with van der Waals surface area (Å²) in [6.07, 6.45) is 3.00. The zero-order valence-electron chi connectivity index (χ0n) is 14.8. The van der Waals surface area contributed by atoms with Gasteiger partial charge >= 0.3 is 0 Å². The molecule has 0 aliphatic carbocycles. The number of hydrogen-bond acceptors (Lipinski definition) is 4. The van der Waals surface area contributed by atoms with Crippen LogP contribution in [0.25, 0.3) is 0 Å². The molecule has 0 aliphatic rings. The van der Waals surface area contributed by atoms with Crippen LogP contribution in [-0.2, 0) is 0 Å². The Balaban J connectivity index is 1.72. The van der Waals surface area contributed by atoms with Crippen LogP contribution in [0, 0.1) is 20.8 Å². The summed E-state index contributed by atoms with van der Waals surface area (Å²) in [6, 6.07) is 11.3. The van der Waals surface area contributed by atoms with Crippen molar-refractivity contribution in [2.24, 2.45) is 0 Å². The van der Waals surface area contributed by atoms with E-state index in [4.69, 9.17) is 11.6 Å². The summed E-state index contributed by atoms with van der Waals surface area (Å²) in [4.78, 5) is 20.9. The van der Waals surface area contributed by atoms with Crippen molar-refractivity contribution in [2.75, 3.05) is 10.6 Å². The van der Waals surface area contributed by atoms with Crippen LogP contribution in [0.4, 0.5) is 17.3 Å². The topological polar surface area (TPSA) is 66.9 Å². The van der Waals surface area contributed by atoms with Gasteiger partial charge in [-0.3, -0.25) is 4.79 Å². The summed E-state index contributed by atoms with van der Waals surface area (Å²) in [6.45, 7) is 5.97. The molecule has 5 nitrogen and oxygen atoms in total. The molecule has 0 aliphatic heterocycles. The second-order valence-corrected chi connectivity index (χ2v) is 6.52. The van der Waals surface area contributed by atoms with Crippen molar-refractivity contribution in [1.82, 2.24) is 9.97 Å². The van der Waals surface area contributed by atoms with E-state index in [-0.39, 0.29) is 5.91 Å². The van der Waals surface area contributed by atoms with Crippen LogP contribution < -0.4 is 10.6 Å². The molecule has 26 heavy (non-hydrogen) atoms. The Bertz CT molecular complexity index is 955. The highest BCUT2D eigenvalue weighted by Crippen LogP contribution is 2.22. The van der Waals surface area contributed by atoms with Crippen LogP contribution in [0.1, 0.15) is 27.0 Å². The fraction of sp³-hybridized carbons (Fsp3) is 0.150. The Hall–Kier alpha value is -2.92. The van der Waals surface area contributed by atoms with Gasteiger partial charge in [0.25, 0.3) is 5.91 Å². The number of carbonyl (C=O) groups is 1. The van der Waals surface area contributed by atoms with Crippen molar-refractivity contribution in [3.63, 3.8) is 0 Å². The smallest absolute Gasteiger partial charge is 0.258 e. The molecule has 0 saturated heterocycles. The van der Waals surface area contributed by atoms with Gasteiger partial charge in [0.2, 0.25) is 5.95 Å². The van der Waals surface area contributed by atoms with Gasteiger partial charge in [-0.1, -0.05) is 23.7 Å². The molecule has 0 fully saturated rings. The maximum Gasteiger partial charge on any atom is 0.258 e. The number of halogens is 1. The van der Waals surface area contributed by atoms with Crippen molar-refractivity contribution in [3.05, 3.63) is 76.1 Å². The SMILES string of the molecule is Cc1cc(Cl)ccc1NC(=O)c1cnc(Nc2cccc(C)c2C)nc1. The minimum absolute atomic E-state index is 0.270. The number of carbonyl (C=O) groups excluding carboxylic acids is 1. The fourth-order valence-electron chi connectivity index (χ4n) is 2.48. The molecular formula is C20H19ClN4O. The molecule has 2 N–H and O–H groups in total. The monoisotopic (exact) mass is 366 g/mol. The maximum absolute atomic E-state index is 12.4. The molecule has 0 bridgehead atoms. The molecule has 0 atom stereocenters. The first-order chi connectivity index (χ1) is 12.4. The molecule has 1 aromatic heterocycles. The van der Waals surface area contributed by atoms with Gasteiger partial charge in [-0.05, 0) is 61.7 Å². The molecule has 0 saturated carbocycles. The lowest BCUT2D eigenvalue weighted by atomic mass is 10.1. The number of benzene rings is 2. The van der Waals surface area contributed by atoms with E-state index in [1.165, 1.54) is 18.0 Å². The first-order valence-electron chi connectivity index (χ1n) is 8.17. The second-order valence-electron chi connectivity index (χ2n) is 6.08. The molecule has 1 heterocycles. The van der Waals surface area contributed by atoms with E-state index in [1.807, 2.05) is 39.0 Å². The third-order valence-electron chi connectivity index (χ3n) is 4.20. The van der Waals surface area contributed by atoms with Crippen LogP contribution in [0.5, 0.6) is 0 Å². The Morgan fingerprint density at radius 1 is 0.962 bits per heavy atom. The summed E-state index contributed by atoms with van der Waals surface area (Å²) >= 11 is 5.94. The highest BCUT2D eigenvalue weighted by atomic mass is 35.5. The molecule has 0 unspecified atom stereocenters. The third-order valence-corrected chi connectivity index (χ3v) is 4.44. The molecular weight excluding hydrogens is 348 g/mol. The molecule has 3 rings (SSSR count). The average molecular weight is 367 g/mol. The van der Waals surface area contributed by atoms with Gasteiger partial charge in [-0.15, -0.1) is 0 Å². The van der Waals surface area contributed by atoms with Gasteiger partial charge in [-0.25, -0.2) is 9.97 Å². The number of nitrogens with zero attached hydrogens (tertiary/aromatic N) is 2. The van der Waals surface area contributed by atoms with Crippen LogP contribution in [0.3, 0.4) is 0 Å². The number of rotatable bonds is 4. The number of hydrogen-bond donors (Lipinski definition) is 2. The van der Waals surface area contributed by atoms with Crippen molar-refractivity contribution in [3.8, 4) is 0 Å². The Kier molecular flexibility index (Phi) is 5.19. The van der Waals surface area contributed by atoms with Crippen molar-refractivity contribution < 1.29 is 4.79 Å². The van der Waals surface area contributed by atoms with Crippen molar-refractivity contribution in [1.29, 1.82) is 0 Å². The summed E-state index contributed by atoms with van der Waals surface area (Å²) in [5.74, 6) is 0.173. The minimum Gasteiger partial charge on any atom is -0.324 e. The van der Waals surface area contributed by atoms with Gasteiger partial charge in [0, 0.05) is 28.8 Å². The van der Waals surface area contributed by atoms with Crippen molar-refractivity contribution in [2.45, 2.75) is 20.8 Å². The van der Waals surface area contributed by atoms with E-state index >= 15 is 0 Å². The lowest BCUT2D eigenvalue weighted by molar-refractivity contribution is 0.102.